The molecule has 2 rings (SSSR count). The van der Waals surface area contributed by atoms with E-state index < -0.39 is 0 Å². The van der Waals surface area contributed by atoms with E-state index in [-0.39, 0.29) is 5.91 Å². The number of aromatic nitrogens is 2. The molecule has 1 aromatic heterocycles. The highest BCUT2D eigenvalue weighted by molar-refractivity contribution is 5.91. The molecule has 4 nitrogen and oxygen atoms in total. The number of hydrogen-bond acceptors (Lipinski definition) is 3. The lowest BCUT2D eigenvalue weighted by molar-refractivity contribution is 0.0944. The lowest BCUT2D eigenvalue weighted by Crippen LogP contribution is -2.24. The zero-order valence-electron chi connectivity index (χ0n) is 12.1. The monoisotopic (exact) mass is 269 g/mol. The molecule has 1 aromatic carbocycles. The second kappa shape index (κ2) is 6.28. The Morgan fingerprint density at radius 2 is 1.90 bits per heavy atom. The molecular formula is C16H19N3O. The van der Waals surface area contributed by atoms with Gasteiger partial charge in [0, 0.05) is 6.54 Å². The minimum atomic E-state index is -0.198. The molecule has 2 aromatic rings. The number of carbonyl (C=O) groups is 1. The van der Waals surface area contributed by atoms with Gasteiger partial charge in [-0.15, -0.1) is 5.10 Å². The first-order valence-electron chi connectivity index (χ1n) is 6.74. The van der Waals surface area contributed by atoms with Crippen molar-refractivity contribution in [1.29, 1.82) is 0 Å². The van der Waals surface area contributed by atoms with E-state index >= 15 is 0 Å². The first-order chi connectivity index (χ1) is 9.58. The van der Waals surface area contributed by atoms with Crippen LogP contribution >= 0.6 is 0 Å². The molecule has 0 radical (unpaired) electrons. The van der Waals surface area contributed by atoms with Crippen LogP contribution in [0.3, 0.4) is 0 Å². The molecule has 0 saturated carbocycles. The van der Waals surface area contributed by atoms with Crippen LogP contribution in [0.25, 0.3) is 0 Å². The molecule has 104 valence electrons. The topological polar surface area (TPSA) is 54.9 Å². The van der Waals surface area contributed by atoms with Gasteiger partial charge in [-0.2, -0.15) is 5.10 Å². The van der Waals surface area contributed by atoms with Crippen LogP contribution < -0.4 is 5.32 Å². The van der Waals surface area contributed by atoms with E-state index in [2.05, 4.69) is 15.5 Å². The first-order valence-corrected chi connectivity index (χ1v) is 6.74. The quantitative estimate of drug-likeness (QED) is 0.928. The number of carbonyl (C=O) groups excluding carboxylic acids is 1. The van der Waals surface area contributed by atoms with Gasteiger partial charge in [-0.05, 0) is 36.1 Å². The Kier molecular flexibility index (Phi) is 4.45. The Balaban J connectivity index is 2.00. The van der Waals surface area contributed by atoms with Crippen molar-refractivity contribution in [2.45, 2.75) is 33.2 Å². The van der Waals surface area contributed by atoms with E-state index in [9.17, 15) is 4.79 Å². The van der Waals surface area contributed by atoms with Gasteiger partial charge < -0.3 is 5.32 Å². The molecule has 0 spiro atoms. The molecular weight excluding hydrogens is 250 g/mol. The van der Waals surface area contributed by atoms with Crippen molar-refractivity contribution in [3.63, 3.8) is 0 Å². The first kappa shape index (κ1) is 14.2. The third-order valence-electron chi connectivity index (χ3n) is 3.21. The number of hydrogen-bond donors (Lipinski definition) is 1. The van der Waals surface area contributed by atoms with Gasteiger partial charge in [0.15, 0.2) is 5.69 Å². The Bertz CT molecular complexity index is 591. The Hall–Kier alpha value is -2.23. The summed E-state index contributed by atoms with van der Waals surface area (Å²) >= 11 is 0. The van der Waals surface area contributed by atoms with Crippen LogP contribution in [0.1, 0.15) is 47.1 Å². The molecule has 0 aliphatic heterocycles. The second-order valence-electron chi connectivity index (χ2n) is 5.11. The standard InChI is InChI=1S/C16H19N3O/c1-11(2)14-8-9-15(19-18-14)16(20)17-10-13-7-5-4-6-12(13)3/h4-9,11H,10H2,1-3H3,(H,17,20). The summed E-state index contributed by atoms with van der Waals surface area (Å²) < 4.78 is 0. The molecule has 4 heteroatoms. The minimum Gasteiger partial charge on any atom is -0.347 e. The van der Waals surface area contributed by atoms with Gasteiger partial charge in [-0.25, -0.2) is 0 Å². The van der Waals surface area contributed by atoms with E-state index in [1.165, 1.54) is 0 Å². The van der Waals surface area contributed by atoms with Crippen molar-refractivity contribution >= 4 is 5.91 Å². The van der Waals surface area contributed by atoms with Crippen LogP contribution in [-0.2, 0) is 6.54 Å². The zero-order chi connectivity index (χ0) is 14.5. The highest BCUT2D eigenvalue weighted by atomic mass is 16.1. The van der Waals surface area contributed by atoms with E-state index in [1.807, 2.05) is 51.1 Å². The predicted molar refractivity (Wildman–Crippen MR) is 78.5 cm³/mol. The second-order valence-corrected chi connectivity index (χ2v) is 5.11. The predicted octanol–water partition coefficient (Wildman–Crippen LogP) is 2.84. The van der Waals surface area contributed by atoms with Gasteiger partial charge in [0.25, 0.3) is 5.91 Å². The Morgan fingerprint density at radius 1 is 1.15 bits per heavy atom. The van der Waals surface area contributed by atoms with Gasteiger partial charge in [0.1, 0.15) is 0 Å². The summed E-state index contributed by atoms with van der Waals surface area (Å²) in [5.41, 5.74) is 3.50. The van der Waals surface area contributed by atoms with Crippen LogP contribution in [0.2, 0.25) is 0 Å². The Labute approximate surface area is 119 Å². The number of benzene rings is 1. The number of aryl methyl sites for hydroxylation is 1. The van der Waals surface area contributed by atoms with E-state index in [0.717, 1.165) is 16.8 Å². The largest absolute Gasteiger partial charge is 0.347 e. The molecule has 0 aliphatic carbocycles. The lowest BCUT2D eigenvalue weighted by atomic mass is 10.1. The highest BCUT2D eigenvalue weighted by Gasteiger charge is 2.09. The highest BCUT2D eigenvalue weighted by Crippen LogP contribution is 2.10. The number of nitrogens with zero attached hydrogens (tertiary/aromatic N) is 2. The number of rotatable bonds is 4. The summed E-state index contributed by atoms with van der Waals surface area (Å²) in [6.45, 7) is 6.61. The molecule has 0 bridgehead atoms. The van der Waals surface area contributed by atoms with E-state index in [0.29, 0.717) is 18.2 Å². The van der Waals surface area contributed by atoms with E-state index in [4.69, 9.17) is 0 Å². The summed E-state index contributed by atoms with van der Waals surface area (Å²) in [5.74, 6) is 0.114. The van der Waals surface area contributed by atoms with Crippen LogP contribution in [0.15, 0.2) is 36.4 Å². The SMILES string of the molecule is Cc1ccccc1CNC(=O)c1ccc(C(C)C)nn1. The van der Waals surface area contributed by atoms with Gasteiger partial charge in [0.05, 0.1) is 5.69 Å². The van der Waals surface area contributed by atoms with Gasteiger partial charge in [-0.1, -0.05) is 38.1 Å². The van der Waals surface area contributed by atoms with Gasteiger partial charge >= 0.3 is 0 Å². The molecule has 1 heterocycles. The summed E-state index contributed by atoms with van der Waals surface area (Å²) in [6, 6.07) is 11.5. The van der Waals surface area contributed by atoms with Crippen LogP contribution in [0.5, 0.6) is 0 Å². The average Bonchev–Trinajstić information content (AvgIpc) is 2.46. The summed E-state index contributed by atoms with van der Waals surface area (Å²) in [6.07, 6.45) is 0. The van der Waals surface area contributed by atoms with Crippen LogP contribution in [0, 0.1) is 6.92 Å². The van der Waals surface area contributed by atoms with E-state index in [1.54, 1.807) is 6.07 Å². The lowest BCUT2D eigenvalue weighted by Gasteiger charge is -2.08. The maximum Gasteiger partial charge on any atom is 0.272 e. The Morgan fingerprint density at radius 3 is 2.50 bits per heavy atom. The normalized spacial score (nSPS) is 10.6. The number of nitrogens with one attached hydrogen (secondary N) is 1. The van der Waals surface area contributed by atoms with Crippen molar-refractivity contribution in [3.8, 4) is 0 Å². The molecule has 0 fully saturated rings. The minimum absolute atomic E-state index is 0.198. The van der Waals surface area contributed by atoms with Crippen molar-refractivity contribution in [3.05, 3.63) is 58.9 Å². The zero-order valence-corrected chi connectivity index (χ0v) is 12.1. The molecule has 1 N–H and O–H groups in total. The van der Waals surface area contributed by atoms with Crippen molar-refractivity contribution in [2.24, 2.45) is 0 Å². The molecule has 0 aliphatic rings. The molecule has 0 unspecified atom stereocenters. The van der Waals surface area contributed by atoms with Crippen molar-refractivity contribution in [1.82, 2.24) is 15.5 Å². The fourth-order valence-corrected chi connectivity index (χ4v) is 1.85. The summed E-state index contributed by atoms with van der Waals surface area (Å²) in [7, 11) is 0. The maximum atomic E-state index is 12.0. The summed E-state index contributed by atoms with van der Waals surface area (Å²) in [4.78, 5) is 12.0. The third-order valence-corrected chi connectivity index (χ3v) is 3.21. The molecule has 20 heavy (non-hydrogen) atoms. The van der Waals surface area contributed by atoms with Gasteiger partial charge in [-0.3, -0.25) is 4.79 Å². The smallest absolute Gasteiger partial charge is 0.272 e. The maximum absolute atomic E-state index is 12.0. The van der Waals surface area contributed by atoms with Crippen LogP contribution in [0.4, 0.5) is 0 Å². The number of amides is 1. The molecule has 0 saturated heterocycles. The fraction of sp³-hybridized carbons (Fsp3) is 0.312. The molecule has 1 amide bonds. The van der Waals surface area contributed by atoms with Gasteiger partial charge in [0.2, 0.25) is 0 Å². The third kappa shape index (κ3) is 3.41. The van der Waals surface area contributed by atoms with Crippen molar-refractivity contribution in [2.75, 3.05) is 0 Å². The van der Waals surface area contributed by atoms with Crippen molar-refractivity contribution < 1.29 is 4.79 Å². The fourth-order valence-electron chi connectivity index (χ4n) is 1.85. The summed E-state index contributed by atoms with van der Waals surface area (Å²) in [5, 5.41) is 10.9. The molecule has 0 atom stereocenters. The van der Waals surface area contributed by atoms with Crippen LogP contribution in [-0.4, -0.2) is 16.1 Å². The average molecular weight is 269 g/mol.